The Hall–Kier alpha value is -2.32. The molecule has 124 valence electrons. The van der Waals surface area contributed by atoms with Crippen LogP contribution in [0.15, 0.2) is 27.9 Å². The van der Waals surface area contributed by atoms with Gasteiger partial charge in [-0.15, -0.1) is 0 Å². The van der Waals surface area contributed by atoms with Gasteiger partial charge in [-0.3, -0.25) is 14.3 Å². The molecular weight excluding hydrogens is 305 g/mol. The molecule has 1 N–H and O–H groups in total. The van der Waals surface area contributed by atoms with Crippen LogP contribution < -0.4 is 11.2 Å². The number of hydrogen-bond donors (Lipinski definition) is 1. The fourth-order valence-electron chi connectivity index (χ4n) is 2.17. The Morgan fingerprint density at radius 1 is 1.26 bits per heavy atom. The molecule has 23 heavy (non-hydrogen) atoms. The Balaban J connectivity index is 2.40. The van der Waals surface area contributed by atoms with Crippen molar-refractivity contribution >= 4 is 0 Å². The monoisotopic (exact) mass is 323 g/mol. The zero-order valence-corrected chi connectivity index (χ0v) is 13.1. The first kappa shape index (κ1) is 17.0. The van der Waals surface area contributed by atoms with Crippen molar-refractivity contribution in [1.82, 2.24) is 14.5 Å². The van der Waals surface area contributed by atoms with Crippen LogP contribution in [0.25, 0.3) is 11.1 Å². The second kappa shape index (κ2) is 7.30. The molecule has 7 nitrogen and oxygen atoms in total. The standard InChI is InChI=1S/C15H18FN3O4/c1-9-4-5-10(13(16)17-9)11-8-19(15(21)18-14(11)20)7-6-12(22-2)23-3/h4-5,8,12H,6-7H2,1-3H3,(H,18,20,21). The van der Waals surface area contributed by atoms with Crippen LogP contribution in [-0.2, 0) is 16.0 Å². The third-order valence-electron chi connectivity index (χ3n) is 3.42. The van der Waals surface area contributed by atoms with Gasteiger partial charge in [0, 0.05) is 44.6 Å². The van der Waals surface area contributed by atoms with Crippen molar-refractivity contribution in [1.29, 1.82) is 0 Å². The van der Waals surface area contributed by atoms with E-state index in [0.717, 1.165) is 0 Å². The summed E-state index contributed by atoms with van der Waals surface area (Å²) in [6.45, 7) is 1.89. The number of aromatic nitrogens is 3. The van der Waals surface area contributed by atoms with E-state index in [1.165, 1.54) is 31.0 Å². The van der Waals surface area contributed by atoms with Crippen molar-refractivity contribution in [3.63, 3.8) is 0 Å². The highest BCUT2D eigenvalue weighted by molar-refractivity contribution is 5.60. The molecule has 0 atom stereocenters. The Morgan fingerprint density at radius 2 is 1.96 bits per heavy atom. The summed E-state index contributed by atoms with van der Waals surface area (Å²) in [5.74, 6) is -0.757. The Bertz CT molecular complexity index is 796. The molecule has 0 fully saturated rings. The summed E-state index contributed by atoms with van der Waals surface area (Å²) in [7, 11) is 2.98. The van der Waals surface area contributed by atoms with E-state index in [1.807, 2.05) is 0 Å². The van der Waals surface area contributed by atoms with Gasteiger partial charge in [-0.25, -0.2) is 9.78 Å². The molecule has 0 aromatic carbocycles. The number of methoxy groups -OCH3 is 2. The van der Waals surface area contributed by atoms with Crippen LogP contribution in [0.2, 0.25) is 0 Å². The van der Waals surface area contributed by atoms with E-state index < -0.39 is 23.5 Å². The van der Waals surface area contributed by atoms with Gasteiger partial charge >= 0.3 is 5.69 Å². The van der Waals surface area contributed by atoms with Gasteiger partial charge < -0.3 is 9.47 Å². The van der Waals surface area contributed by atoms with Crippen LogP contribution in [0.4, 0.5) is 4.39 Å². The molecule has 2 heterocycles. The summed E-state index contributed by atoms with van der Waals surface area (Å²) >= 11 is 0. The van der Waals surface area contributed by atoms with Crippen LogP contribution in [-0.4, -0.2) is 35.0 Å². The van der Waals surface area contributed by atoms with E-state index >= 15 is 0 Å². The van der Waals surface area contributed by atoms with Gasteiger partial charge in [-0.05, 0) is 19.1 Å². The summed E-state index contributed by atoms with van der Waals surface area (Å²) in [5.41, 5.74) is -0.656. The van der Waals surface area contributed by atoms with E-state index in [-0.39, 0.29) is 17.7 Å². The zero-order valence-electron chi connectivity index (χ0n) is 13.1. The largest absolute Gasteiger partial charge is 0.356 e. The highest BCUT2D eigenvalue weighted by atomic mass is 19.1. The molecule has 0 aliphatic carbocycles. The molecule has 0 radical (unpaired) electrons. The minimum absolute atomic E-state index is 0.0423. The maximum Gasteiger partial charge on any atom is 0.328 e. The van der Waals surface area contributed by atoms with E-state index in [2.05, 4.69) is 9.97 Å². The van der Waals surface area contributed by atoms with Crippen molar-refractivity contribution in [2.75, 3.05) is 14.2 Å². The average molecular weight is 323 g/mol. The molecule has 0 saturated carbocycles. The topological polar surface area (TPSA) is 86.2 Å². The second-order valence-corrected chi connectivity index (χ2v) is 4.98. The van der Waals surface area contributed by atoms with Gasteiger partial charge in [0.1, 0.15) is 0 Å². The number of nitrogens with zero attached hydrogens (tertiary/aromatic N) is 2. The van der Waals surface area contributed by atoms with Crippen LogP contribution in [0, 0.1) is 12.9 Å². The Morgan fingerprint density at radius 3 is 2.57 bits per heavy atom. The fourth-order valence-corrected chi connectivity index (χ4v) is 2.17. The van der Waals surface area contributed by atoms with E-state index in [0.29, 0.717) is 12.1 Å². The molecule has 0 bridgehead atoms. The highest BCUT2D eigenvalue weighted by Gasteiger charge is 2.14. The molecular formula is C15H18FN3O4. The quantitative estimate of drug-likeness (QED) is 0.634. The first-order chi connectivity index (χ1) is 11.0. The summed E-state index contributed by atoms with van der Waals surface area (Å²) in [6.07, 6.45) is 1.24. The number of H-pyrrole nitrogens is 1. The first-order valence-electron chi connectivity index (χ1n) is 6.99. The molecule has 0 spiro atoms. The molecule has 0 aliphatic rings. The number of nitrogens with one attached hydrogen (secondary N) is 1. The Labute approximate surface area is 131 Å². The van der Waals surface area contributed by atoms with Crippen LogP contribution in [0.5, 0.6) is 0 Å². The van der Waals surface area contributed by atoms with Crippen molar-refractivity contribution < 1.29 is 13.9 Å². The average Bonchev–Trinajstić information content (AvgIpc) is 2.51. The van der Waals surface area contributed by atoms with Crippen molar-refractivity contribution in [3.05, 3.63) is 50.8 Å². The lowest BCUT2D eigenvalue weighted by atomic mass is 10.1. The maximum absolute atomic E-state index is 14.0. The zero-order chi connectivity index (χ0) is 17.0. The number of pyridine rings is 1. The molecule has 0 saturated heterocycles. The summed E-state index contributed by atoms with van der Waals surface area (Å²) in [6, 6.07) is 3.06. The predicted octanol–water partition coefficient (Wildman–Crippen LogP) is 1.06. The lowest BCUT2D eigenvalue weighted by molar-refractivity contribution is -0.108. The number of halogens is 1. The summed E-state index contributed by atoms with van der Waals surface area (Å²) < 4.78 is 25.4. The molecule has 0 unspecified atom stereocenters. The van der Waals surface area contributed by atoms with Gasteiger partial charge in [0.15, 0.2) is 6.29 Å². The lowest BCUT2D eigenvalue weighted by Gasteiger charge is -2.14. The minimum Gasteiger partial charge on any atom is -0.356 e. The SMILES string of the molecule is COC(CCn1cc(-c2ccc(C)nc2F)c(=O)[nH]c1=O)OC. The van der Waals surface area contributed by atoms with E-state index in [1.54, 1.807) is 13.0 Å². The molecule has 2 aromatic heterocycles. The predicted molar refractivity (Wildman–Crippen MR) is 81.7 cm³/mol. The van der Waals surface area contributed by atoms with Gasteiger partial charge in [-0.2, -0.15) is 4.39 Å². The van der Waals surface area contributed by atoms with Gasteiger partial charge in [0.25, 0.3) is 5.56 Å². The number of ether oxygens (including phenoxy) is 2. The molecule has 0 amide bonds. The van der Waals surface area contributed by atoms with Crippen LogP contribution >= 0.6 is 0 Å². The summed E-state index contributed by atoms with van der Waals surface area (Å²) in [5, 5.41) is 0. The number of rotatable bonds is 6. The third kappa shape index (κ3) is 3.91. The van der Waals surface area contributed by atoms with Gasteiger partial charge in [0.2, 0.25) is 5.95 Å². The van der Waals surface area contributed by atoms with Crippen LogP contribution in [0.1, 0.15) is 12.1 Å². The maximum atomic E-state index is 14.0. The van der Waals surface area contributed by atoms with E-state index in [9.17, 15) is 14.0 Å². The molecule has 0 aliphatic heterocycles. The van der Waals surface area contributed by atoms with E-state index in [4.69, 9.17) is 9.47 Å². The second-order valence-electron chi connectivity index (χ2n) is 4.98. The van der Waals surface area contributed by atoms with Crippen molar-refractivity contribution in [2.45, 2.75) is 26.2 Å². The molecule has 2 rings (SSSR count). The fraction of sp³-hybridized carbons (Fsp3) is 0.400. The van der Waals surface area contributed by atoms with Crippen molar-refractivity contribution in [3.8, 4) is 11.1 Å². The molecule has 2 aromatic rings. The third-order valence-corrected chi connectivity index (χ3v) is 3.42. The summed E-state index contributed by atoms with van der Waals surface area (Å²) in [4.78, 5) is 29.7. The lowest BCUT2D eigenvalue weighted by Crippen LogP contribution is -2.32. The smallest absolute Gasteiger partial charge is 0.328 e. The van der Waals surface area contributed by atoms with Crippen LogP contribution in [0.3, 0.4) is 0 Å². The number of hydrogen-bond acceptors (Lipinski definition) is 5. The number of aryl methyl sites for hydroxylation is 2. The number of aromatic amines is 1. The Kier molecular flexibility index (Phi) is 5.41. The highest BCUT2D eigenvalue weighted by Crippen LogP contribution is 2.17. The molecule has 8 heteroatoms. The first-order valence-corrected chi connectivity index (χ1v) is 6.99. The van der Waals surface area contributed by atoms with Crippen molar-refractivity contribution in [2.24, 2.45) is 0 Å². The van der Waals surface area contributed by atoms with Gasteiger partial charge in [-0.1, -0.05) is 0 Å². The normalized spacial score (nSPS) is 11.2. The minimum atomic E-state index is -0.757. The van der Waals surface area contributed by atoms with Gasteiger partial charge in [0.05, 0.1) is 5.56 Å².